The minimum Gasteiger partial charge on any atom is -0.326 e. The average molecular weight is 399 g/mol. The number of sulfonamides is 1. The summed E-state index contributed by atoms with van der Waals surface area (Å²) in [5.41, 5.74) is 1.75. The van der Waals surface area contributed by atoms with Gasteiger partial charge in [-0.1, -0.05) is 29.3 Å². The minimum absolute atomic E-state index is 0.0563. The maximum absolute atomic E-state index is 12.2. The largest absolute Gasteiger partial charge is 0.326 e. The highest BCUT2D eigenvalue weighted by molar-refractivity contribution is 7.93. The van der Waals surface area contributed by atoms with Crippen molar-refractivity contribution in [1.82, 2.24) is 0 Å². The molecule has 1 aliphatic rings. The van der Waals surface area contributed by atoms with E-state index >= 15 is 0 Å². The summed E-state index contributed by atoms with van der Waals surface area (Å²) < 4.78 is 25.2. The van der Waals surface area contributed by atoms with Crippen LogP contribution in [0.4, 0.5) is 11.4 Å². The second-order valence-electron chi connectivity index (χ2n) is 5.71. The molecule has 1 saturated heterocycles. The van der Waals surface area contributed by atoms with Crippen LogP contribution in [0.2, 0.25) is 10.0 Å². The van der Waals surface area contributed by atoms with Gasteiger partial charge in [0.1, 0.15) is 0 Å². The smallest absolute Gasteiger partial charge is 0.235 e. The predicted molar refractivity (Wildman–Crippen MR) is 101 cm³/mol. The molecule has 5 nitrogen and oxygen atoms in total. The zero-order valence-electron chi connectivity index (χ0n) is 13.2. The van der Waals surface area contributed by atoms with Crippen molar-refractivity contribution in [3.8, 4) is 0 Å². The number of amides is 1. The number of hydrogen-bond donors (Lipinski definition) is 1. The standard InChI is InChI=1S/C17H16Cl2N2O3S/c18-15-3-1-4-16(19)14(15)11-17(22)20-12-5-7-13(8-6-12)21-9-2-10-25(21,23)24/h1,3-8H,2,9-11H2,(H,20,22). The molecule has 1 aliphatic heterocycles. The maximum atomic E-state index is 12.2. The summed E-state index contributed by atoms with van der Waals surface area (Å²) in [4.78, 5) is 12.2. The van der Waals surface area contributed by atoms with Crippen molar-refractivity contribution < 1.29 is 13.2 Å². The highest BCUT2D eigenvalue weighted by Gasteiger charge is 2.28. The Hall–Kier alpha value is -1.76. The SMILES string of the molecule is O=C(Cc1c(Cl)cccc1Cl)Nc1ccc(N2CCCS2(=O)=O)cc1. The Balaban J connectivity index is 1.68. The van der Waals surface area contributed by atoms with E-state index in [-0.39, 0.29) is 18.1 Å². The second kappa shape index (κ2) is 7.23. The first-order valence-electron chi connectivity index (χ1n) is 7.70. The summed E-state index contributed by atoms with van der Waals surface area (Å²) in [7, 11) is -3.21. The van der Waals surface area contributed by atoms with E-state index in [1.54, 1.807) is 42.5 Å². The lowest BCUT2D eigenvalue weighted by Crippen LogP contribution is -2.25. The number of benzene rings is 2. The van der Waals surface area contributed by atoms with Gasteiger partial charge in [-0.05, 0) is 48.4 Å². The van der Waals surface area contributed by atoms with Gasteiger partial charge in [0.25, 0.3) is 0 Å². The van der Waals surface area contributed by atoms with Crippen molar-refractivity contribution in [1.29, 1.82) is 0 Å². The number of rotatable bonds is 4. The third-order valence-electron chi connectivity index (χ3n) is 3.94. The van der Waals surface area contributed by atoms with Crippen molar-refractivity contribution in [3.05, 3.63) is 58.1 Å². The van der Waals surface area contributed by atoms with Crippen molar-refractivity contribution in [2.75, 3.05) is 21.9 Å². The molecule has 0 aromatic heterocycles. The number of hydrogen-bond acceptors (Lipinski definition) is 3. The molecule has 0 unspecified atom stereocenters. The minimum atomic E-state index is -3.21. The van der Waals surface area contributed by atoms with Gasteiger partial charge in [0.2, 0.25) is 15.9 Å². The molecule has 0 aliphatic carbocycles. The van der Waals surface area contributed by atoms with Gasteiger partial charge in [0.05, 0.1) is 17.9 Å². The quantitative estimate of drug-likeness (QED) is 0.853. The molecule has 1 fully saturated rings. The molecule has 1 N–H and O–H groups in total. The highest BCUT2D eigenvalue weighted by Crippen LogP contribution is 2.27. The lowest BCUT2D eigenvalue weighted by molar-refractivity contribution is -0.115. The molecule has 2 aromatic rings. The van der Waals surface area contributed by atoms with Crippen molar-refractivity contribution >= 4 is 50.5 Å². The Labute approximate surface area is 156 Å². The fraction of sp³-hybridized carbons (Fsp3) is 0.235. The summed E-state index contributed by atoms with van der Waals surface area (Å²) in [6, 6.07) is 11.8. The van der Waals surface area contributed by atoms with Gasteiger partial charge in [-0.15, -0.1) is 0 Å². The van der Waals surface area contributed by atoms with Gasteiger partial charge < -0.3 is 5.32 Å². The topological polar surface area (TPSA) is 66.5 Å². The van der Waals surface area contributed by atoms with Crippen molar-refractivity contribution in [3.63, 3.8) is 0 Å². The zero-order valence-corrected chi connectivity index (χ0v) is 15.5. The Kier molecular flexibility index (Phi) is 5.22. The maximum Gasteiger partial charge on any atom is 0.235 e. The molecule has 1 amide bonds. The van der Waals surface area contributed by atoms with Crippen molar-refractivity contribution in [2.45, 2.75) is 12.8 Å². The van der Waals surface area contributed by atoms with Crippen LogP contribution in [0.1, 0.15) is 12.0 Å². The molecule has 132 valence electrons. The zero-order chi connectivity index (χ0) is 18.0. The Morgan fingerprint density at radius 3 is 2.28 bits per heavy atom. The average Bonchev–Trinajstić information content (AvgIpc) is 2.91. The molecular formula is C17H16Cl2N2O3S. The number of nitrogens with zero attached hydrogens (tertiary/aromatic N) is 1. The molecular weight excluding hydrogens is 383 g/mol. The molecule has 0 radical (unpaired) electrons. The lowest BCUT2D eigenvalue weighted by Gasteiger charge is -2.17. The Morgan fingerprint density at radius 1 is 1.08 bits per heavy atom. The molecule has 1 heterocycles. The first-order valence-corrected chi connectivity index (χ1v) is 10.1. The monoisotopic (exact) mass is 398 g/mol. The summed E-state index contributed by atoms with van der Waals surface area (Å²) in [6.45, 7) is 0.485. The first kappa shape index (κ1) is 18.0. The molecule has 0 spiro atoms. The van der Waals surface area contributed by atoms with E-state index in [9.17, 15) is 13.2 Å². The Bertz CT molecular complexity index is 878. The lowest BCUT2D eigenvalue weighted by atomic mass is 10.1. The van der Waals surface area contributed by atoms with Gasteiger partial charge in [0.15, 0.2) is 0 Å². The normalized spacial score (nSPS) is 16.0. The van der Waals surface area contributed by atoms with Crippen LogP contribution in [0.3, 0.4) is 0 Å². The molecule has 0 bridgehead atoms. The van der Waals surface area contributed by atoms with E-state index in [2.05, 4.69) is 5.32 Å². The Morgan fingerprint density at radius 2 is 1.72 bits per heavy atom. The van der Waals surface area contributed by atoms with Crippen LogP contribution in [-0.2, 0) is 21.2 Å². The highest BCUT2D eigenvalue weighted by atomic mass is 35.5. The van der Waals surface area contributed by atoms with Gasteiger partial charge >= 0.3 is 0 Å². The fourth-order valence-corrected chi connectivity index (χ4v) is 4.80. The van der Waals surface area contributed by atoms with Crippen LogP contribution >= 0.6 is 23.2 Å². The molecule has 0 atom stereocenters. The fourth-order valence-electron chi connectivity index (χ4n) is 2.71. The van der Waals surface area contributed by atoms with Crippen LogP contribution in [0.25, 0.3) is 0 Å². The third kappa shape index (κ3) is 4.08. The summed E-state index contributed by atoms with van der Waals surface area (Å²) in [5, 5.41) is 3.64. The number of anilines is 2. The van der Waals surface area contributed by atoms with Crippen LogP contribution in [0.15, 0.2) is 42.5 Å². The third-order valence-corrected chi connectivity index (χ3v) is 6.52. The van der Waals surface area contributed by atoms with E-state index in [0.29, 0.717) is 39.9 Å². The summed E-state index contributed by atoms with van der Waals surface area (Å²) in [6.07, 6.45) is 0.681. The van der Waals surface area contributed by atoms with Gasteiger partial charge in [-0.25, -0.2) is 8.42 Å². The van der Waals surface area contributed by atoms with E-state index in [0.717, 1.165) is 0 Å². The van der Waals surface area contributed by atoms with Crippen LogP contribution < -0.4 is 9.62 Å². The summed E-state index contributed by atoms with van der Waals surface area (Å²) >= 11 is 12.1. The predicted octanol–water partition coefficient (Wildman–Crippen LogP) is 3.71. The van der Waals surface area contributed by atoms with Crippen LogP contribution in [-0.4, -0.2) is 26.6 Å². The number of carbonyl (C=O) groups excluding carboxylic acids is 1. The van der Waals surface area contributed by atoms with Gasteiger partial charge in [-0.3, -0.25) is 9.10 Å². The summed E-state index contributed by atoms with van der Waals surface area (Å²) in [5.74, 6) is -0.0825. The van der Waals surface area contributed by atoms with Crippen LogP contribution in [0.5, 0.6) is 0 Å². The first-order chi connectivity index (χ1) is 11.9. The van der Waals surface area contributed by atoms with E-state index in [1.807, 2.05) is 0 Å². The van der Waals surface area contributed by atoms with E-state index in [1.165, 1.54) is 4.31 Å². The molecule has 3 rings (SSSR count). The van der Waals surface area contributed by atoms with Crippen molar-refractivity contribution in [2.24, 2.45) is 0 Å². The number of carbonyl (C=O) groups is 1. The van der Waals surface area contributed by atoms with E-state index < -0.39 is 10.0 Å². The number of nitrogens with one attached hydrogen (secondary N) is 1. The second-order valence-corrected chi connectivity index (χ2v) is 8.54. The number of halogens is 2. The van der Waals surface area contributed by atoms with Gasteiger partial charge in [-0.2, -0.15) is 0 Å². The molecule has 8 heteroatoms. The molecule has 2 aromatic carbocycles. The molecule has 25 heavy (non-hydrogen) atoms. The van der Waals surface area contributed by atoms with Gasteiger partial charge in [0, 0.05) is 22.3 Å². The van der Waals surface area contributed by atoms with E-state index in [4.69, 9.17) is 23.2 Å². The van der Waals surface area contributed by atoms with Crippen LogP contribution in [0, 0.1) is 0 Å². The molecule has 0 saturated carbocycles.